The number of rotatable bonds is 7. The summed E-state index contributed by atoms with van der Waals surface area (Å²) in [4.78, 5) is 2.22. The van der Waals surface area contributed by atoms with Crippen LogP contribution in [-0.2, 0) is 4.74 Å². The molecule has 1 rings (SSSR count). The van der Waals surface area contributed by atoms with Gasteiger partial charge in [0.2, 0.25) is 0 Å². The monoisotopic (exact) mass is 226 g/mol. The van der Waals surface area contributed by atoms with Crippen molar-refractivity contribution in [1.82, 2.24) is 10.2 Å². The van der Waals surface area contributed by atoms with Crippen molar-refractivity contribution in [3.8, 4) is 0 Å². The van der Waals surface area contributed by atoms with Gasteiger partial charge in [0, 0.05) is 25.7 Å². The molecule has 1 aliphatic carbocycles. The minimum Gasteiger partial charge on any atom is -0.313 e. The van der Waals surface area contributed by atoms with Crippen molar-refractivity contribution >= 4 is 0 Å². The van der Waals surface area contributed by atoms with E-state index in [2.05, 4.69) is 15.0 Å². The number of halogens is 3. The lowest BCUT2D eigenvalue weighted by molar-refractivity contribution is -0.323. The summed E-state index contributed by atoms with van der Waals surface area (Å²) in [6.07, 6.45) is -2.02. The Morgan fingerprint density at radius 3 is 2.53 bits per heavy atom. The summed E-state index contributed by atoms with van der Waals surface area (Å²) in [5, 5.41) is 2.90. The fourth-order valence-electron chi connectivity index (χ4n) is 1.32. The highest BCUT2D eigenvalue weighted by atomic mass is 19.4. The molecular weight excluding hydrogens is 209 g/mol. The number of likely N-dealkylation sites (N-methyl/N-ethyl adjacent to an activating group) is 1. The Labute approximate surface area is 87.6 Å². The van der Waals surface area contributed by atoms with Gasteiger partial charge in [0.25, 0.3) is 0 Å². The summed E-state index contributed by atoms with van der Waals surface area (Å²) in [5.41, 5.74) is 0. The van der Waals surface area contributed by atoms with Crippen molar-refractivity contribution in [2.75, 3.05) is 33.3 Å². The molecule has 15 heavy (non-hydrogen) atoms. The zero-order chi connectivity index (χ0) is 11.3. The fraction of sp³-hybridized carbons (Fsp3) is 1.00. The van der Waals surface area contributed by atoms with Gasteiger partial charge in [-0.3, -0.25) is 4.74 Å². The van der Waals surface area contributed by atoms with Gasteiger partial charge in [-0.2, -0.15) is 0 Å². The standard InChI is InChI=1S/C9H17F3N2O/c1-14(8-2-3-8)6-4-13-5-7-15-9(10,11)12/h8,13H,2-7H2,1H3. The van der Waals surface area contributed by atoms with E-state index in [-0.39, 0.29) is 13.2 Å². The summed E-state index contributed by atoms with van der Waals surface area (Å²) in [6.45, 7) is 1.49. The lowest BCUT2D eigenvalue weighted by Crippen LogP contribution is -2.33. The molecule has 0 aromatic rings. The van der Waals surface area contributed by atoms with Crippen LogP contribution >= 0.6 is 0 Å². The van der Waals surface area contributed by atoms with Crippen molar-refractivity contribution in [2.24, 2.45) is 0 Å². The first-order chi connectivity index (χ1) is 6.99. The maximum Gasteiger partial charge on any atom is 0.522 e. The molecule has 1 N–H and O–H groups in total. The van der Waals surface area contributed by atoms with Gasteiger partial charge in [-0.25, -0.2) is 0 Å². The Hall–Kier alpha value is -0.330. The molecule has 0 radical (unpaired) electrons. The lowest BCUT2D eigenvalue weighted by atomic mass is 10.5. The SMILES string of the molecule is CN(CCNCCOC(F)(F)F)C1CC1. The van der Waals surface area contributed by atoms with Crippen LogP contribution in [-0.4, -0.2) is 50.6 Å². The number of hydrogen-bond donors (Lipinski definition) is 1. The van der Waals surface area contributed by atoms with E-state index < -0.39 is 6.36 Å². The maximum absolute atomic E-state index is 11.5. The number of ether oxygens (including phenoxy) is 1. The third kappa shape index (κ3) is 6.70. The van der Waals surface area contributed by atoms with Crippen LogP contribution in [0.2, 0.25) is 0 Å². The third-order valence-electron chi connectivity index (χ3n) is 2.36. The molecule has 0 bridgehead atoms. The number of hydrogen-bond acceptors (Lipinski definition) is 3. The second kappa shape index (κ2) is 5.67. The van der Waals surface area contributed by atoms with Crippen molar-refractivity contribution in [3.05, 3.63) is 0 Å². The molecule has 1 saturated carbocycles. The summed E-state index contributed by atoms with van der Waals surface area (Å²) >= 11 is 0. The van der Waals surface area contributed by atoms with Crippen molar-refractivity contribution in [1.29, 1.82) is 0 Å². The van der Waals surface area contributed by atoms with E-state index in [1.165, 1.54) is 12.8 Å². The van der Waals surface area contributed by atoms with Crippen molar-refractivity contribution < 1.29 is 17.9 Å². The second-order valence-electron chi connectivity index (χ2n) is 3.76. The maximum atomic E-state index is 11.5. The van der Waals surface area contributed by atoms with Crippen molar-refractivity contribution in [3.63, 3.8) is 0 Å². The lowest BCUT2D eigenvalue weighted by Gasteiger charge is -2.15. The fourth-order valence-corrected chi connectivity index (χ4v) is 1.32. The third-order valence-corrected chi connectivity index (χ3v) is 2.36. The largest absolute Gasteiger partial charge is 0.522 e. The highest BCUT2D eigenvalue weighted by Crippen LogP contribution is 2.24. The van der Waals surface area contributed by atoms with Gasteiger partial charge in [0.15, 0.2) is 0 Å². The molecule has 90 valence electrons. The van der Waals surface area contributed by atoms with Gasteiger partial charge in [-0.05, 0) is 19.9 Å². The van der Waals surface area contributed by atoms with Crippen LogP contribution in [0.3, 0.4) is 0 Å². The Balaban J connectivity index is 1.84. The topological polar surface area (TPSA) is 24.5 Å². The Morgan fingerprint density at radius 2 is 2.00 bits per heavy atom. The molecule has 1 aliphatic rings. The van der Waals surface area contributed by atoms with E-state index in [1.54, 1.807) is 0 Å². The predicted octanol–water partition coefficient (Wildman–Crippen LogP) is 1.21. The minimum absolute atomic E-state index is 0.234. The summed E-state index contributed by atoms with van der Waals surface area (Å²) in [6, 6.07) is 0.693. The molecule has 0 aromatic heterocycles. The molecule has 0 aromatic carbocycles. The molecule has 0 atom stereocenters. The smallest absolute Gasteiger partial charge is 0.313 e. The van der Waals surface area contributed by atoms with E-state index in [1.807, 2.05) is 7.05 Å². The van der Waals surface area contributed by atoms with E-state index in [9.17, 15) is 13.2 Å². The Bertz CT molecular complexity index is 183. The second-order valence-corrected chi connectivity index (χ2v) is 3.76. The number of nitrogens with one attached hydrogen (secondary N) is 1. The van der Waals surface area contributed by atoms with Gasteiger partial charge >= 0.3 is 6.36 Å². The van der Waals surface area contributed by atoms with Crippen LogP contribution in [0.5, 0.6) is 0 Å². The molecule has 0 saturated heterocycles. The van der Waals surface area contributed by atoms with Crippen LogP contribution < -0.4 is 5.32 Å². The average molecular weight is 226 g/mol. The highest BCUT2D eigenvalue weighted by Gasteiger charge is 2.28. The van der Waals surface area contributed by atoms with Gasteiger partial charge < -0.3 is 10.2 Å². The predicted molar refractivity (Wildman–Crippen MR) is 50.5 cm³/mol. The average Bonchev–Trinajstić information content (AvgIpc) is 2.91. The normalized spacial score (nSPS) is 17.4. The summed E-state index contributed by atoms with van der Waals surface area (Å²) in [7, 11) is 2.03. The van der Waals surface area contributed by atoms with Crippen LogP contribution in [0.15, 0.2) is 0 Å². The molecule has 6 heteroatoms. The molecule has 3 nitrogen and oxygen atoms in total. The molecule has 0 aliphatic heterocycles. The zero-order valence-corrected chi connectivity index (χ0v) is 8.81. The van der Waals surface area contributed by atoms with Gasteiger partial charge in [-0.15, -0.1) is 13.2 Å². The summed E-state index contributed by atoms with van der Waals surface area (Å²) in [5.74, 6) is 0. The Morgan fingerprint density at radius 1 is 1.33 bits per heavy atom. The van der Waals surface area contributed by atoms with Gasteiger partial charge in [-0.1, -0.05) is 0 Å². The van der Waals surface area contributed by atoms with Gasteiger partial charge in [0.05, 0.1) is 6.61 Å². The van der Waals surface area contributed by atoms with E-state index in [0.717, 1.165) is 6.54 Å². The Kier molecular flexibility index (Phi) is 4.82. The first-order valence-electron chi connectivity index (χ1n) is 5.10. The van der Waals surface area contributed by atoms with Crippen molar-refractivity contribution in [2.45, 2.75) is 25.2 Å². The number of alkyl halides is 3. The van der Waals surface area contributed by atoms with Gasteiger partial charge in [0.1, 0.15) is 0 Å². The summed E-state index contributed by atoms with van der Waals surface area (Å²) < 4.78 is 38.3. The first kappa shape index (κ1) is 12.7. The van der Waals surface area contributed by atoms with Crippen LogP contribution in [0.4, 0.5) is 13.2 Å². The van der Waals surface area contributed by atoms with Crippen LogP contribution in [0, 0.1) is 0 Å². The first-order valence-corrected chi connectivity index (χ1v) is 5.10. The molecule has 0 heterocycles. The van der Waals surface area contributed by atoms with Crippen LogP contribution in [0.25, 0.3) is 0 Å². The number of nitrogens with zero attached hydrogens (tertiary/aromatic N) is 1. The zero-order valence-electron chi connectivity index (χ0n) is 8.81. The minimum atomic E-state index is -4.51. The van der Waals surface area contributed by atoms with E-state index >= 15 is 0 Å². The van der Waals surface area contributed by atoms with E-state index in [4.69, 9.17) is 0 Å². The molecule has 0 unspecified atom stereocenters. The van der Waals surface area contributed by atoms with E-state index in [0.29, 0.717) is 12.6 Å². The molecular formula is C9H17F3N2O. The molecule has 1 fully saturated rings. The van der Waals surface area contributed by atoms with Crippen LogP contribution in [0.1, 0.15) is 12.8 Å². The highest BCUT2D eigenvalue weighted by molar-refractivity contribution is 4.82. The molecule has 0 amide bonds. The molecule has 0 spiro atoms. The quantitative estimate of drug-likeness (QED) is 0.660.